The first-order valence-corrected chi connectivity index (χ1v) is 12.6. The van der Waals surface area contributed by atoms with E-state index in [1.807, 2.05) is 36.4 Å². The van der Waals surface area contributed by atoms with E-state index in [2.05, 4.69) is 64.3 Å². The Labute approximate surface area is 229 Å². The maximum atomic E-state index is 11.4. The topological polar surface area (TPSA) is 41.3 Å². The van der Waals surface area contributed by atoms with Crippen molar-refractivity contribution in [2.24, 2.45) is 0 Å². The fourth-order valence-corrected chi connectivity index (χ4v) is 4.95. The zero-order chi connectivity index (χ0) is 24.7. The highest BCUT2D eigenvalue weighted by molar-refractivity contribution is 5.98. The molecule has 2 aromatic carbocycles. The molecule has 4 nitrogen and oxygen atoms in total. The van der Waals surface area contributed by atoms with Gasteiger partial charge in [-0.2, -0.15) is 0 Å². The van der Waals surface area contributed by atoms with Gasteiger partial charge in [-0.1, -0.05) is 72.8 Å². The number of nitrogens with zero attached hydrogens (tertiary/aromatic N) is 2. The molecule has 0 amide bonds. The molecule has 2 heterocycles. The zero-order valence-corrected chi connectivity index (χ0v) is 22.4. The molecular weight excluding hydrogens is 524 g/mol. The summed E-state index contributed by atoms with van der Waals surface area (Å²) in [6.45, 7) is 3.86. The quantitative estimate of drug-likeness (QED) is 0.462. The summed E-state index contributed by atoms with van der Waals surface area (Å²) in [4.78, 5) is 25.3. The van der Waals surface area contributed by atoms with Gasteiger partial charge in [-0.25, -0.2) is 4.57 Å². The smallest absolute Gasteiger partial charge is 0.173 e. The minimum Gasteiger partial charge on any atom is -1.00 e. The van der Waals surface area contributed by atoms with Crippen molar-refractivity contribution in [3.8, 4) is 0 Å². The Morgan fingerprint density at radius 2 is 1.43 bits per heavy atom. The lowest BCUT2D eigenvalue weighted by atomic mass is 9.91. The van der Waals surface area contributed by atoms with Crippen LogP contribution in [-0.4, -0.2) is 29.6 Å². The first-order chi connectivity index (χ1) is 17.6. The van der Waals surface area contributed by atoms with E-state index in [0.29, 0.717) is 12.8 Å². The Kier molecular flexibility index (Phi) is 9.15. The Hall–Kier alpha value is -3.41. The van der Waals surface area contributed by atoms with Crippen molar-refractivity contribution in [2.45, 2.75) is 32.4 Å². The van der Waals surface area contributed by atoms with E-state index in [1.54, 1.807) is 12.2 Å². The maximum Gasteiger partial charge on any atom is 0.173 e. The van der Waals surface area contributed by atoms with Gasteiger partial charge in [-0.15, -0.1) is 0 Å². The number of allylic oxidation sites excluding steroid dienone is 3. The summed E-state index contributed by atoms with van der Waals surface area (Å²) in [5.41, 5.74) is 7.59. The molecule has 0 spiro atoms. The predicted molar refractivity (Wildman–Crippen MR) is 142 cm³/mol. The first kappa shape index (κ1) is 26.6. The fraction of sp³-hybridized carbons (Fsp3) is 0.219. The van der Waals surface area contributed by atoms with E-state index in [0.717, 1.165) is 43.7 Å². The van der Waals surface area contributed by atoms with Crippen LogP contribution in [0.4, 0.5) is 0 Å². The zero-order valence-electron chi connectivity index (χ0n) is 20.9. The normalized spacial score (nSPS) is 16.3. The summed E-state index contributed by atoms with van der Waals surface area (Å²) >= 11 is 0. The van der Waals surface area contributed by atoms with Gasteiger partial charge in [0.1, 0.15) is 0 Å². The molecule has 0 fully saturated rings. The van der Waals surface area contributed by atoms with Crippen molar-refractivity contribution in [3.63, 3.8) is 0 Å². The van der Waals surface area contributed by atoms with Gasteiger partial charge in [0.05, 0.1) is 0 Å². The average molecular weight is 556 g/mol. The van der Waals surface area contributed by atoms with Crippen LogP contribution in [0.5, 0.6) is 0 Å². The lowest BCUT2D eigenvalue weighted by Gasteiger charge is -2.31. The van der Waals surface area contributed by atoms with Crippen LogP contribution < -0.4 is 21.5 Å². The highest BCUT2D eigenvalue weighted by Crippen LogP contribution is 2.26. The second-order valence-corrected chi connectivity index (χ2v) is 9.61. The Bertz CT molecular complexity index is 1340. The molecule has 0 saturated heterocycles. The Morgan fingerprint density at radius 1 is 0.757 bits per heavy atom. The van der Waals surface area contributed by atoms with Gasteiger partial charge in [0, 0.05) is 49.7 Å². The van der Waals surface area contributed by atoms with E-state index in [1.165, 1.54) is 22.3 Å². The predicted octanol–water partition coefficient (Wildman–Crippen LogP) is 1.88. The Balaban J connectivity index is 0.000000168. The molecule has 5 heteroatoms. The van der Waals surface area contributed by atoms with Crippen molar-refractivity contribution >= 4 is 17.6 Å². The van der Waals surface area contributed by atoms with Crippen molar-refractivity contribution in [3.05, 3.63) is 131 Å². The Morgan fingerprint density at radius 3 is 2.19 bits per heavy atom. The number of hydrogen-bond donors (Lipinski definition) is 0. The van der Waals surface area contributed by atoms with Gasteiger partial charge in [0.25, 0.3) is 0 Å². The number of halogens is 1. The van der Waals surface area contributed by atoms with Crippen LogP contribution in [0.25, 0.3) is 6.08 Å². The van der Waals surface area contributed by atoms with E-state index >= 15 is 0 Å². The van der Waals surface area contributed by atoms with Crippen molar-refractivity contribution in [1.82, 2.24) is 4.90 Å². The van der Waals surface area contributed by atoms with Crippen LogP contribution in [0, 0.1) is 0 Å². The highest BCUT2D eigenvalue weighted by atomic mass is 79.9. The summed E-state index contributed by atoms with van der Waals surface area (Å²) in [6, 6.07) is 22.9. The molecular formula is C32H31BrN2O2. The highest BCUT2D eigenvalue weighted by Gasteiger charge is 2.21. The molecule has 0 saturated carbocycles. The minimum atomic E-state index is 0. The summed E-state index contributed by atoms with van der Waals surface area (Å²) in [6.07, 6.45) is 13.6. The van der Waals surface area contributed by atoms with Crippen LogP contribution in [-0.2, 0) is 29.1 Å². The van der Waals surface area contributed by atoms with Crippen LogP contribution in [0.2, 0.25) is 0 Å². The third kappa shape index (κ3) is 7.31. The molecule has 0 N–H and O–H groups in total. The molecule has 3 aromatic rings. The SMILES string of the molecule is O=C1C=CC2=C(C1)CN(Cc1ccccc1)CC2.O=C1C=Cc2cc[n+](Cc3ccccc3)cc2C1.[Br-]. The lowest BCUT2D eigenvalue weighted by molar-refractivity contribution is -0.688. The molecule has 0 unspecified atom stereocenters. The second-order valence-electron chi connectivity index (χ2n) is 9.61. The number of ketones is 2. The second kappa shape index (κ2) is 12.7. The molecule has 0 atom stereocenters. The van der Waals surface area contributed by atoms with Crippen LogP contribution >= 0.6 is 0 Å². The van der Waals surface area contributed by atoms with E-state index in [9.17, 15) is 9.59 Å². The number of carbonyl (C=O) groups is 2. The molecule has 0 radical (unpaired) electrons. The fourth-order valence-electron chi connectivity index (χ4n) is 4.95. The standard InChI is InChI=1S/C16H17NO.C16H14NO.BrH/c2*18-16-7-6-14-8-9-17(12-15(14)10-16)11-13-4-2-1-3-5-13;/h1-7H,8-12H2;1-9,12H,10-11H2;1H/q;+1;/p-1. The maximum absolute atomic E-state index is 11.4. The van der Waals surface area contributed by atoms with Gasteiger partial charge >= 0.3 is 0 Å². The molecule has 3 aliphatic rings. The van der Waals surface area contributed by atoms with Gasteiger partial charge in [-0.05, 0) is 40.8 Å². The van der Waals surface area contributed by atoms with Gasteiger partial charge in [-0.3, -0.25) is 14.5 Å². The molecule has 0 bridgehead atoms. The van der Waals surface area contributed by atoms with E-state index < -0.39 is 0 Å². The number of aromatic nitrogens is 1. The van der Waals surface area contributed by atoms with Gasteiger partial charge in [0.2, 0.25) is 0 Å². The number of benzene rings is 2. The molecule has 37 heavy (non-hydrogen) atoms. The summed E-state index contributed by atoms with van der Waals surface area (Å²) in [5, 5.41) is 0. The number of fused-ring (bicyclic) bond motifs is 1. The van der Waals surface area contributed by atoms with Crippen molar-refractivity contribution < 1.29 is 31.1 Å². The summed E-state index contributed by atoms with van der Waals surface area (Å²) < 4.78 is 2.13. The monoisotopic (exact) mass is 554 g/mol. The third-order valence-electron chi connectivity index (χ3n) is 6.83. The molecule has 1 aliphatic heterocycles. The van der Waals surface area contributed by atoms with Gasteiger partial charge < -0.3 is 17.0 Å². The van der Waals surface area contributed by atoms with Crippen LogP contribution in [0.15, 0.2) is 108 Å². The third-order valence-corrected chi connectivity index (χ3v) is 6.83. The van der Waals surface area contributed by atoms with Gasteiger partial charge in [0.15, 0.2) is 30.5 Å². The summed E-state index contributed by atoms with van der Waals surface area (Å²) in [5.74, 6) is 0.426. The largest absolute Gasteiger partial charge is 1.00 e. The lowest BCUT2D eigenvalue weighted by Crippen LogP contribution is -3.00. The van der Waals surface area contributed by atoms with Crippen LogP contribution in [0.1, 0.15) is 35.1 Å². The molecule has 2 aliphatic carbocycles. The van der Waals surface area contributed by atoms with E-state index in [4.69, 9.17) is 0 Å². The molecule has 1 aromatic heterocycles. The average Bonchev–Trinajstić information content (AvgIpc) is 2.90. The number of hydrogen-bond acceptors (Lipinski definition) is 3. The number of pyridine rings is 1. The van der Waals surface area contributed by atoms with Crippen molar-refractivity contribution in [1.29, 1.82) is 0 Å². The number of rotatable bonds is 4. The van der Waals surface area contributed by atoms with Crippen LogP contribution in [0.3, 0.4) is 0 Å². The first-order valence-electron chi connectivity index (χ1n) is 12.6. The molecule has 6 rings (SSSR count). The summed E-state index contributed by atoms with van der Waals surface area (Å²) in [7, 11) is 0. The van der Waals surface area contributed by atoms with E-state index in [-0.39, 0.29) is 28.5 Å². The van der Waals surface area contributed by atoms with Crippen molar-refractivity contribution in [2.75, 3.05) is 13.1 Å². The minimum absolute atomic E-state index is 0. The number of carbonyl (C=O) groups excluding carboxylic acids is 2. The molecule has 188 valence electrons.